The maximum absolute atomic E-state index is 13.0. The van der Waals surface area contributed by atoms with Crippen molar-refractivity contribution in [3.8, 4) is 6.07 Å². The standard InChI is InChI=1S/C10H9F2N/c1-7-4-3-5-8(2)9(7)10(11,12)6-13/h3-5H,1-2H3. The SMILES string of the molecule is Cc1cccc(C)c1C(F)(F)C#N. The minimum atomic E-state index is -3.38. The molecule has 0 fully saturated rings. The first kappa shape index (κ1) is 9.66. The Morgan fingerprint density at radius 3 is 2.08 bits per heavy atom. The Kier molecular flexibility index (Phi) is 2.33. The van der Waals surface area contributed by atoms with E-state index < -0.39 is 5.92 Å². The zero-order valence-corrected chi connectivity index (χ0v) is 7.44. The summed E-state index contributed by atoms with van der Waals surface area (Å²) >= 11 is 0. The number of rotatable bonds is 1. The molecular weight excluding hydrogens is 172 g/mol. The summed E-state index contributed by atoms with van der Waals surface area (Å²) < 4.78 is 26.1. The van der Waals surface area contributed by atoms with Crippen LogP contribution in [0.25, 0.3) is 0 Å². The van der Waals surface area contributed by atoms with Gasteiger partial charge in [-0.05, 0) is 25.0 Å². The first-order valence-corrected chi connectivity index (χ1v) is 3.85. The van der Waals surface area contributed by atoms with Gasteiger partial charge in [-0.1, -0.05) is 18.2 Å². The van der Waals surface area contributed by atoms with Crippen LogP contribution < -0.4 is 0 Å². The van der Waals surface area contributed by atoms with Crippen LogP contribution in [-0.4, -0.2) is 0 Å². The summed E-state index contributed by atoms with van der Waals surface area (Å²) in [6.45, 7) is 3.15. The maximum Gasteiger partial charge on any atom is 0.357 e. The Balaban J connectivity index is 3.38. The van der Waals surface area contributed by atoms with Gasteiger partial charge in [-0.15, -0.1) is 0 Å². The Morgan fingerprint density at radius 1 is 1.23 bits per heavy atom. The van der Waals surface area contributed by atoms with E-state index in [0.29, 0.717) is 11.1 Å². The highest BCUT2D eigenvalue weighted by molar-refractivity contribution is 5.39. The molecule has 0 atom stereocenters. The highest BCUT2D eigenvalue weighted by Crippen LogP contribution is 2.31. The van der Waals surface area contributed by atoms with Crippen molar-refractivity contribution in [2.75, 3.05) is 0 Å². The van der Waals surface area contributed by atoms with Crippen LogP contribution in [0.5, 0.6) is 0 Å². The molecule has 1 nitrogen and oxygen atoms in total. The Hall–Kier alpha value is -1.43. The second-order valence-electron chi connectivity index (χ2n) is 2.95. The van der Waals surface area contributed by atoms with Gasteiger partial charge in [-0.3, -0.25) is 0 Å². The van der Waals surface area contributed by atoms with E-state index in [0.717, 1.165) is 6.07 Å². The average Bonchev–Trinajstić information content (AvgIpc) is 2.03. The summed E-state index contributed by atoms with van der Waals surface area (Å²) in [6, 6.07) is 5.86. The highest BCUT2D eigenvalue weighted by Gasteiger charge is 2.34. The molecule has 1 rings (SSSR count). The third kappa shape index (κ3) is 1.67. The van der Waals surface area contributed by atoms with E-state index in [9.17, 15) is 8.78 Å². The fraction of sp³-hybridized carbons (Fsp3) is 0.300. The largest absolute Gasteiger partial charge is 0.357 e. The number of hydrogen-bond acceptors (Lipinski definition) is 1. The average molecular weight is 181 g/mol. The third-order valence-electron chi connectivity index (χ3n) is 1.94. The van der Waals surface area contributed by atoms with Gasteiger partial charge in [0.25, 0.3) is 0 Å². The van der Waals surface area contributed by atoms with Crippen LogP contribution in [0.1, 0.15) is 16.7 Å². The van der Waals surface area contributed by atoms with Crippen molar-refractivity contribution in [2.45, 2.75) is 19.8 Å². The van der Waals surface area contributed by atoms with Gasteiger partial charge in [-0.25, -0.2) is 0 Å². The molecule has 0 aromatic heterocycles. The molecule has 0 amide bonds. The van der Waals surface area contributed by atoms with Crippen molar-refractivity contribution in [3.63, 3.8) is 0 Å². The molecule has 0 saturated carbocycles. The lowest BCUT2D eigenvalue weighted by Crippen LogP contribution is -2.13. The predicted molar refractivity (Wildman–Crippen MR) is 45.4 cm³/mol. The molecule has 0 aliphatic carbocycles. The van der Waals surface area contributed by atoms with Crippen molar-refractivity contribution >= 4 is 0 Å². The second kappa shape index (κ2) is 3.14. The molecule has 1 aromatic carbocycles. The van der Waals surface area contributed by atoms with Crippen LogP contribution in [0.2, 0.25) is 0 Å². The molecule has 0 radical (unpaired) electrons. The van der Waals surface area contributed by atoms with Crippen molar-refractivity contribution in [3.05, 3.63) is 34.9 Å². The Bertz CT molecular complexity index is 343. The van der Waals surface area contributed by atoms with Crippen LogP contribution in [0.3, 0.4) is 0 Å². The first-order valence-electron chi connectivity index (χ1n) is 3.85. The van der Waals surface area contributed by atoms with Crippen molar-refractivity contribution < 1.29 is 8.78 Å². The van der Waals surface area contributed by atoms with E-state index in [4.69, 9.17) is 5.26 Å². The smallest absolute Gasteiger partial charge is 0.191 e. The van der Waals surface area contributed by atoms with Gasteiger partial charge in [0.1, 0.15) is 6.07 Å². The monoisotopic (exact) mass is 181 g/mol. The molecule has 0 aliphatic rings. The van der Waals surface area contributed by atoms with E-state index in [1.807, 2.05) is 0 Å². The van der Waals surface area contributed by atoms with Gasteiger partial charge in [-0.2, -0.15) is 14.0 Å². The van der Waals surface area contributed by atoms with E-state index in [1.165, 1.54) is 0 Å². The normalized spacial score (nSPS) is 11.0. The summed E-state index contributed by atoms with van der Waals surface area (Å²) in [5.74, 6) is -3.38. The molecule has 0 N–H and O–H groups in total. The van der Waals surface area contributed by atoms with E-state index >= 15 is 0 Å². The van der Waals surface area contributed by atoms with Gasteiger partial charge in [0.05, 0.1) is 0 Å². The minimum Gasteiger partial charge on any atom is -0.191 e. The molecule has 0 spiro atoms. The van der Waals surface area contributed by atoms with Gasteiger partial charge >= 0.3 is 5.92 Å². The van der Waals surface area contributed by atoms with E-state index in [1.54, 1.807) is 32.0 Å². The van der Waals surface area contributed by atoms with Crippen molar-refractivity contribution in [1.82, 2.24) is 0 Å². The van der Waals surface area contributed by atoms with Gasteiger partial charge in [0.15, 0.2) is 0 Å². The topological polar surface area (TPSA) is 23.8 Å². The zero-order valence-electron chi connectivity index (χ0n) is 7.44. The van der Waals surface area contributed by atoms with Crippen LogP contribution in [-0.2, 0) is 5.92 Å². The predicted octanol–water partition coefficient (Wildman–Crippen LogP) is 2.92. The number of halogens is 2. The molecule has 3 heteroatoms. The molecular formula is C10H9F2N. The van der Waals surface area contributed by atoms with Crippen LogP contribution >= 0.6 is 0 Å². The van der Waals surface area contributed by atoms with E-state index in [-0.39, 0.29) is 5.56 Å². The van der Waals surface area contributed by atoms with Crippen molar-refractivity contribution in [2.24, 2.45) is 0 Å². The van der Waals surface area contributed by atoms with Crippen LogP contribution in [0, 0.1) is 25.2 Å². The number of nitrogens with zero attached hydrogens (tertiary/aromatic N) is 1. The Labute approximate surface area is 75.6 Å². The first-order chi connectivity index (χ1) is 5.99. The number of aryl methyl sites for hydroxylation is 2. The minimum absolute atomic E-state index is 0.169. The molecule has 0 saturated heterocycles. The highest BCUT2D eigenvalue weighted by atomic mass is 19.3. The third-order valence-corrected chi connectivity index (χ3v) is 1.94. The molecule has 1 aromatic rings. The molecule has 0 unspecified atom stereocenters. The summed E-state index contributed by atoms with van der Waals surface area (Å²) in [6.07, 6.45) is 0. The fourth-order valence-corrected chi connectivity index (χ4v) is 1.37. The van der Waals surface area contributed by atoms with Crippen LogP contribution in [0.4, 0.5) is 8.78 Å². The van der Waals surface area contributed by atoms with Gasteiger partial charge in [0, 0.05) is 5.56 Å². The number of alkyl halides is 2. The molecule has 68 valence electrons. The van der Waals surface area contributed by atoms with Gasteiger partial charge < -0.3 is 0 Å². The quantitative estimate of drug-likeness (QED) is 0.653. The lowest BCUT2D eigenvalue weighted by molar-refractivity contribution is 0.0599. The summed E-state index contributed by atoms with van der Waals surface area (Å²) in [5, 5.41) is 8.30. The lowest BCUT2D eigenvalue weighted by atomic mass is 9.98. The Morgan fingerprint density at radius 2 is 1.69 bits per heavy atom. The van der Waals surface area contributed by atoms with E-state index in [2.05, 4.69) is 0 Å². The molecule has 0 bridgehead atoms. The molecule has 0 heterocycles. The van der Waals surface area contributed by atoms with Crippen LogP contribution in [0.15, 0.2) is 18.2 Å². The molecule has 0 aliphatic heterocycles. The zero-order chi connectivity index (χ0) is 10.1. The van der Waals surface area contributed by atoms with Gasteiger partial charge in [0.2, 0.25) is 0 Å². The number of nitriles is 1. The maximum atomic E-state index is 13.0. The summed E-state index contributed by atoms with van der Waals surface area (Å²) in [5.41, 5.74) is 0.732. The molecule has 13 heavy (non-hydrogen) atoms. The summed E-state index contributed by atoms with van der Waals surface area (Å²) in [4.78, 5) is 0. The fourth-order valence-electron chi connectivity index (χ4n) is 1.37. The number of hydrogen-bond donors (Lipinski definition) is 0. The summed E-state index contributed by atoms with van der Waals surface area (Å²) in [7, 11) is 0. The number of benzene rings is 1. The van der Waals surface area contributed by atoms with Crippen molar-refractivity contribution in [1.29, 1.82) is 5.26 Å². The second-order valence-corrected chi connectivity index (χ2v) is 2.95. The lowest BCUT2D eigenvalue weighted by Gasteiger charge is -2.13.